The van der Waals surface area contributed by atoms with Crippen LogP contribution < -0.4 is 4.90 Å². The maximum atomic E-state index is 6.12. The summed E-state index contributed by atoms with van der Waals surface area (Å²) in [6, 6.07) is 58.7. The summed E-state index contributed by atoms with van der Waals surface area (Å²) >= 11 is 0. The van der Waals surface area contributed by atoms with Gasteiger partial charge in [-0.3, -0.25) is 0 Å². The van der Waals surface area contributed by atoms with Gasteiger partial charge in [0.15, 0.2) is 0 Å². The number of furan rings is 1. The smallest absolute Gasteiger partial charge is 0.135 e. The Hall–Kier alpha value is -6.32. The monoisotopic (exact) mass is 600 g/mol. The molecule has 0 saturated heterocycles. The van der Waals surface area contributed by atoms with Crippen molar-refractivity contribution in [3.05, 3.63) is 164 Å². The highest BCUT2D eigenvalue weighted by molar-refractivity contribution is 6.14. The van der Waals surface area contributed by atoms with Gasteiger partial charge in [-0.25, -0.2) is 0 Å². The molecule has 10 aromatic rings. The molecule has 3 nitrogen and oxygen atoms in total. The summed E-state index contributed by atoms with van der Waals surface area (Å²) in [5, 5.41) is 9.57. The lowest BCUT2D eigenvalue weighted by atomic mass is 10.00. The molecule has 0 amide bonds. The van der Waals surface area contributed by atoms with Crippen LogP contribution in [0.1, 0.15) is 0 Å². The average molecular weight is 601 g/mol. The summed E-state index contributed by atoms with van der Waals surface area (Å²) in [6.45, 7) is 0. The summed E-state index contributed by atoms with van der Waals surface area (Å²) in [5.74, 6) is 0. The van der Waals surface area contributed by atoms with Crippen LogP contribution in [0.25, 0.3) is 76.4 Å². The molecule has 0 aliphatic carbocycles. The third-order valence-corrected chi connectivity index (χ3v) is 9.55. The number of para-hydroxylation sites is 2. The zero-order valence-electron chi connectivity index (χ0n) is 25.4. The number of hydrogen-bond donors (Lipinski definition) is 1. The minimum Gasteiger partial charge on any atom is -0.456 e. The molecule has 0 atom stereocenters. The number of nitrogens with zero attached hydrogens (tertiary/aromatic N) is 1. The summed E-state index contributed by atoms with van der Waals surface area (Å²) in [4.78, 5) is 6.15. The molecule has 0 radical (unpaired) electrons. The third-order valence-electron chi connectivity index (χ3n) is 9.55. The fraction of sp³-hybridized carbons (Fsp3) is 0. The number of H-pyrrole nitrogens is 1. The number of aromatic amines is 1. The lowest BCUT2D eigenvalue weighted by molar-refractivity contribution is 0.669. The Labute approximate surface area is 270 Å². The van der Waals surface area contributed by atoms with Crippen molar-refractivity contribution in [2.75, 3.05) is 4.90 Å². The van der Waals surface area contributed by atoms with E-state index in [0.717, 1.165) is 55.6 Å². The Morgan fingerprint density at radius 2 is 1.02 bits per heavy atom. The highest BCUT2D eigenvalue weighted by Crippen LogP contribution is 2.41. The van der Waals surface area contributed by atoms with Crippen molar-refractivity contribution in [3.8, 4) is 11.1 Å². The van der Waals surface area contributed by atoms with Crippen LogP contribution in [-0.2, 0) is 0 Å². The number of hydrogen-bond acceptors (Lipinski definition) is 2. The van der Waals surface area contributed by atoms with Crippen molar-refractivity contribution in [1.29, 1.82) is 0 Å². The van der Waals surface area contributed by atoms with Crippen molar-refractivity contribution < 1.29 is 4.42 Å². The van der Waals surface area contributed by atoms with Crippen LogP contribution in [0.5, 0.6) is 0 Å². The van der Waals surface area contributed by atoms with E-state index in [0.29, 0.717) is 0 Å². The summed E-state index contributed by atoms with van der Waals surface area (Å²) in [6.07, 6.45) is 0. The molecule has 0 saturated carbocycles. The van der Waals surface area contributed by atoms with E-state index in [4.69, 9.17) is 4.42 Å². The number of benzene rings is 8. The molecule has 0 unspecified atom stereocenters. The number of aromatic nitrogens is 1. The molecule has 10 rings (SSSR count). The summed E-state index contributed by atoms with van der Waals surface area (Å²) in [5.41, 5.74) is 9.77. The van der Waals surface area contributed by atoms with E-state index in [1.807, 2.05) is 12.1 Å². The van der Waals surface area contributed by atoms with Gasteiger partial charge in [-0.15, -0.1) is 0 Å². The molecular formula is C44H28N2O. The zero-order valence-corrected chi connectivity index (χ0v) is 25.4. The molecule has 1 N–H and O–H groups in total. The molecular weight excluding hydrogens is 572 g/mol. The van der Waals surface area contributed by atoms with Crippen LogP contribution in [0.4, 0.5) is 17.1 Å². The Morgan fingerprint density at radius 1 is 0.404 bits per heavy atom. The quantitative estimate of drug-likeness (QED) is 0.218. The number of rotatable bonds is 4. The second kappa shape index (κ2) is 10.1. The topological polar surface area (TPSA) is 32.2 Å². The molecule has 220 valence electrons. The van der Waals surface area contributed by atoms with Gasteiger partial charge in [0.05, 0.1) is 5.52 Å². The van der Waals surface area contributed by atoms with Crippen molar-refractivity contribution in [2.24, 2.45) is 0 Å². The van der Waals surface area contributed by atoms with E-state index in [9.17, 15) is 0 Å². The first-order valence-corrected chi connectivity index (χ1v) is 16.0. The molecule has 2 heterocycles. The van der Waals surface area contributed by atoms with Gasteiger partial charge in [0, 0.05) is 49.7 Å². The first-order chi connectivity index (χ1) is 23.3. The standard InChI is InChI=1S/C44H28N2O/c1-3-10-30-24-33(19-16-28(30)8-1)46(34-20-17-29-9-2-4-11-31(29)25-34)35-21-22-41-39(27-35)38-14-7-13-36(44(38)45-41)32-18-23-43-40(26-32)37-12-5-6-15-42(37)47-43/h1-27,45H. The average Bonchev–Trinajstić information content (AvgIpc) is 3.69. The fourth-order valence-electron chi connectivity index (χ4n) is 7.26. The van der Waals surface area contributed by atoms with Crippen LogP contribution >= 0.6 is 0 Å². The van der Waals surface area contributed by atoms with Crippen LogP contribution in [0.15, 0.2) is 168 Å². The summed E-state index contributed by atoms with van der Waals surface area (Å²) in [7, 11) is 0. The molecule has 0 aliphatic heterocycles. The fourth-order valence-corrected chi connectivity index (χ4v) is 7.26. The maximum Gasteiger partial charge on any atom is 0.135 e. The molecule has 0 fully saturated rings. The zero-order chi connectivity index (χ0) is 30.9. The van der Waals surface area contributed by atoms with E-state index in [-0.39, 0.29) is 0 Å². The van der Waals surface area contributed by atoms with E-state index in [1.54, 1.807) is 0 Å². The highest BCUT2D eigenvalue weighted by Gasteiger charge is 2.17. The SMILES string of the molecule is c1ccc2cc(N(c3ccc4ccccc4c3)c3ccc4[nH]c5c(-c6ccc7oc8ccccc8c7c6)cccc5c4c3)ccc2c1. The highest BCUT2D eigenvalue weighted by atomic mass is 16.3. The lowest BCUT2D eigenvalue weighted by Gasteiger charge is -2.26. The van der Waals surface area contributed by atoms with Gasteiger partial charge < -0.3 is 14.3 Å². The van der Waals surface area contributed by atoms with Crippen LogP contribution in [0.3, 0.4) is 0 Å². The molecule has 0 bridgehead atoms. The molecule has 0 aliphatic rings. The normalized spacial score (nSPS) is 11.8. The van der Waals surface area contributed by atoms with Gasteiger partial charge in [-0.2, -0.15) is 0 Å². The second-order valence-electron chi connectivity index (χ2n) is 12.3. The first kappa shape index (κ1) is 26.0. The first-order valence-electron chi connectivity index (χ1n) is 16.0. The third kappa shape index (κ3) is 4.14. The second-order valence-corrected chi connectivity index (χ2v) is 12.3. The molecule has 3 heteroatoms. The van der Waals surface area contributed by atoms with Crippen molar-refractivity contribution >= 4 is 82.4 Å². The Balaban J connectivity index is 1.16. The summed E-state index contributed by atoms with van der Waals surface area (Å²) < 4.78 is 6.12. The Bertz CT molecular complexity index is 2740. The maximum absolute atomic E-state index is 6.12. The van der Waals surface area contributed by atoms with E-state index < -0.39 is 0 Å². The molecule has 47 heavy (non-hydrogen) atoms. The van der Waals surface area contributed by atoms with Crippen molar-refractivity contribution in [1.82, 2.24) is 4.98 Å². The number of fused-ring (bicyclic) bond motifs is 8. The van der Waals surface area contributed by atoms with Crippen LogP contribution in [0.2, 0.25) is 0 Å². The molecule has 2 aromatic heterocycles. The van der Waals surface area contributed by atoms with E-state index >= 15 is 0 Å². The Kier molecular flexibility index (Phi) is 5.57. The van der Waals surface area contributed by atoms with E-state index in [2.05, 4.69) is 162 Å². The minimum atomic E-state index is 0.908. The minimum absolute atomic E-state index is 0.908. The van der Waals surface area contributed by atoms with Crippen molar-refractivity contribution in [3.63, 3.8) is 0 Å². The number of nitrogens with one attached hydrogen (secondary N) is 1. The largest absolute Gasteiger partial charge is 0.456 e. The van der Waals surface area contributed by atoms with Crippen LogP contribution in [0, 0.1) is 0 Å². The number of anilines is 3. The molecule has 0 spiro atoms. The van der Waals surface area contributed by atoms with Gasteiger partial charge in [0.2, 0.25) is 0 Å². The van der Waals surface area contributed by atoms with Gasteiger partial charge in [-0.05, 0) is 87.8 Å². The van der Waals surface area contributed by atoms with Gasteiger partial charge in [-0.1, -0.05) is 103 Å². The predicted octanol–water partition coefficient (Wildman–Crippen LogP) is 12.7. The molecule has 8 aromatic carbocycles. The van der Waals surface area contributed by atoms with Gasteiger partial charge in [0.25, 0.3) is 0 Å². The lowest BCUT2D eigenvalue weighted by Crippen LogP contribution is -2.09. The van der Waals surface area contributed by atoms with Crippen molar-refractivity contribution in [2.45, 2.75) is 0 Å². The van der Waals surface area contributed by atoms with Gasteiger partial charge >= 0.3 is 0 Å². The Morgan fingerprint density at radius 3 is 1.79 bits per heavy atom. The van der Waals surface area contributed by atoms with E-state index in [1.165, 1.54) is 37.9 Å². The predicted molar refractivity (Wildman–Crippen MR) is 198 cm³/mol. The van der Waals surface area contributed by atoms with Gasteiger partial charge in [0.1, 0.15) is 11.2 Å². The van der Waals surface area contributed by atoms with Crippen LogP contribution in [-0.4, -0.2) is 4.98 Å².